The van der Waals surface area contributed by atoms with Crippen LogP contribution in [0.25, 0.3) is 0 Å². The number of aliphatic hydroxyl groups excluding tert-OH is 1. The van der Waals surface area contributed by atoms with Gasteiger partial charge in [0.1, 0.15) is 19.8 Å². The van der Waals surface area contributed by atoms with Gasteiger partial charge in [-0.05, 0) is 83.5 Å². The van der Waals surface area contributed by atoms with Gasteiger partial charge in [-0.1, -0.05) is 136 Å². The van der Waals surface area contributed by atoms with Crippen LogP contribution in [0, 0.1) is 0 Å². The molecule has 11 heteroatoms. The Morgan fingerprint density at radius 3 is 1.69 bits per heavy atom. The number of quaternary nitrogens is 1. The zero-order chi connectivity index (χ0) is 43.7. The maximum atomic E-state index is 12.7. The van der Waals surface area contributed by atoms with Crippen molar-refractivity contribution in [3.8, 4) is 0 Å². The first kappa shape index (κ1) is 55.6. The Hall–Kier alpha value is -3.37. The summed E-state index contributed by atoms with van der Waals surface area (Å²) < 4.78 is 33.8. The maximum absolute atomic E-state index is 12.7. The molecule has 0 aromatic rings. The number of rotatable bonds is 37. The Kier molecular flexibility index (Phi) is 36.6. The Balaban J connectivity index is 4.56. The summed E-state index contributed by atoms with van der Waals surface area (Å²) in [6.45, 7) is 3.64. The number of phosphoric ester groups is 1. The van der Waals surface area contributed by atoms with E-state index >= 15 is 0 Å². The SMILES string of the molecule is CC/C=C\C/C=C\C/C=C\C/C=C\CCCCCCC(=O)OC[C@H](COP(=O)([O-])OCC[N+](C)(C)C)OC(=O)CCC/C=C\C/C=C\C/C=C\C/C=C\C=C\[C@H](O)CC. The van der Waals surface area contributed by atoms with Gasteiger partial charge in [0.15, 0.2) is 6.10 Å². The van der Waals surface area contributed by atoms with Crippen molar-refractivity contribution < 1.29 is 47.2 Å². The normalized spacial score (nSPS) is 15.2. The summed E-state index contributed by atoms with van der Waals surface area (Å²) in [5, 5.41) is 9.48. The number of hydrogen-bond acceptors (Lipinski definition) is 9. The lowest BCUT2D eigenvalue weighted by Crippen LogP contribution is -2.37. The van der Waals surface area contributed by atoms with E-state index in [-0.39, 0.29) is 32.2 Å². The van der Waals surface area contributed by atoms with Crippen LogP contribution in [0.3, 0.4) is 0 Å². The third kappa shape index (κ3) is 42.6. The van der Waals surface area contributed by atoms with Crippen LogP contribution in [0.2, 0.25) is 0 Å². The fraction of sp³-hybridized carbons (Fsp3) is 0.583. The molecule has 0 aliphatic carbocycles. The van der Waals surface area contributed by atoms with E-state index in [1.807, 2.05) is 58.4 Å². The first-order valence-corrected chi connectivity index (χ1v) is 23.2. The molecule has 0 aliphatic heterocycles. The van der Waals surface area contributed by atoms with Gasteiger partial charge in [0.05, 0.1) is 33.9 Å². The van der Waals surface area contributed by atoms with Crippen LogP contribution in [0.15, 0.2) is 109 Å². The predicted octanol–water partition coefficient (Wildman–Crippen LogP) is 10.7. The molecule has 0 aromatic heterocycles. The number of unbranched alkanes of at least 4 members (excludes halogenated alkanes) is 5. The summed E-state index contributed by atoms with van der Waals surface area (Å²) in [4.78, 5) is 37.5. The van der Waals surface area contributed by atoms with Crippen LogP contribution < -0.4 is 4.89 Å². The number of phosphoric acid groups is 1. The number of carbonyl (C=O) groups is 2. The van der Waals surface area contributed by atoms with Gasteiger partial charge in [-0.25, -0.2) is 0 Å². The van der Waals surface area contributed by atoms with Crippen molar-refractivity contribution in [1.82, 2.24) is 0 Å². The molecule has 59 heavy (non-hydrogen) atoms. The average Bonchev–Trinajstić information content (AvgIpc) is 3.19. The van der Waals surface area contributed by atoms with Gasteiger partial charge in [-0.15, -0.1) is 0 Å². The first-order chi connectivity index (χ1) is 28.4. The topological polar surface area (TPSA) is 131 Å². The molecule has 0 bridgehead atoms. The molecular weight excluding hydrogens is 765 g/mol. The third-order valence-corrected chi connectivity index (χ3v) is 9.41. The number of aliphatic hydroxyl groups is 1. The number of carbonyl (C=O) groups excluding carboxylic acids is 2. The minimum atomic E-state index is -4.66. The molecule has 10 nitrogen and oxygen atoms in total. The quantitative estimate of drug-likeness (QED) is 0.0162. The first-order valence-electron chi connectivity index (χ1n) is 21.7. The minimum absolute atomic E-state index is 0.0592. The van der Waals surface area contributed by atoms with E-state index in [0.717, 1.165) is 70.6 Å². The Morgan fingerprint density at radius 1 is 0.627 bits per heavy atom. The monoisotopic (exact) mass is 844 g/mol. The molecular formula is C48H78NO9P. The summed E-state index contributed by atoms with van der Waals surface area (Å²) in [5.74, 6) is -0.964. The molecule has 0 heterocycles. The lowest BCUT2D eigenvalue weighted by Gasteiger charge is -2.28. The predicted molar refractivity (Wildman–Crippen MR) is 241 cm³/mol. The zero-order valence-corrected chi connectivity index (χ0v) is 37.9. The number of esters is 2. The van der Waals surface area contributed by atoms with Crippen molar-refractivity contribution in [3.05, 3.63) is 109 Å². The van der Waals surface area contributed by atoms with Crippen molar-refractivity contribution >= 4 is 19.8 Å². The second kappa shape index (κ2) is 38.8. The number of ether oxygens (including phenoxy) is 2. The molecule has 0 amide bonds. The highest BCUT2D eigenvalue weighted by Gasteiger charge is 2.21. The summed E-state index contributed by atoms with van der Waals surface area (Å²) >= 11 is 0. The van der Waals surface area contributed by atoms with Crippen LogP contribution >= 0.6 is 7.82 Å². The Labute approximate surface area is 358 Å². The molecule has 0 rings (SSSR count). The van der Waals surface area contributed by atoms with Gasteiger partial charge in [-0.2, -0.15) is 0 Å². The molecule has 0 aliphatic rings. The Morgan fingerprint density at radius 2 is 1.14 bits per heavy atom. The summed E-state index contributed by atoms with van der Waals surface area (Å²) in [6.07, 6.45) is 49.3. The van der Waals surface area contributed by atoms with Gasteiger partial charge >= 0.3 is 11.9 Å². The Bertz CT molecular complexity index is 1380. The smallest absolute Gasteiger partial charge is 0.306 e. The van der Waals surface area contributed by atoms with Crippen LogP contribution in [-0.4, -0.2) is 81.2 Å². The lowest BCUT2D eigenvalue weighted by atomic mass is 10.1. The van der Waals surface area contributed by atoms with Gasteiger partial charge < -0.3 is 33.0 Å². The molecule has 1 N–H and O–H groups in total. The van der Waals surface area contributed by atoms with Gasteiger partial charge in [0.2, 0.25) is 0 Å². The molecule has 334 valence electrons. The molecule has 0 spiro atoms. The molecule has 0 saturated heterocycles. The van der Waals surface area contributed by atoms with E-state index < -0.39 is 32.5 Å². The van der Waals surface area contributed by atoms with Crippen molar-refractivity contribution in [3.63, 3.8) is 0 Å². The summed E-state index contributed by atoms with van der Waals surface area (Å²) in [7, 11) is 1.07. The second-order valence-electron chi connectivity index (χ2n) is 15.1. The van der Waals surface area contributed by atoms with Crippen LogP contribution in [0.4, 0.5) is 0 Å². The number of allylic oxidation sites excluding steroid dienone is 17. The van der Waals surface area contributed by atoms with Crippen LogP contribution in [-0.2, 0) is 32.7 Å². The van der Waals surface area contributed by atoms with Crippen molar-refractivity contribution in [2.75, 3.05) is 47.5 Å². The largest absolute Gasteiger partial charge is 0.756 e. The number of hydrogen-bond donors (Lipinski definition) is 1. The van der Waals surface area contributed by atoms with Crippen molar-refractivity contribution in [2.45, 2.75) is 135 Å². The van der Waals surface area contributed by atoms with Crippen molar-refractivity contribution in [2.24, 2.45) is 0 Å². The highest BCUT2D eigenvalue weighted by molar-refractivity contribution is 7.45. The molecule has 1 unspecified atom stereocenters. The summed E-state index contributed by atoms with van der Waals surface area (Å²) in [6, 6.07) is 0. The fourth-order valence-electron chi connectivity index (χ4n) is 4.92. The number of nitrogens with zero attached hydrogens (tertiary/aromatic N) is 1. The van der Waals surface area contributed by atoms with E-state index in [0.29, 0.717) is 36.7 Å². The minimum Gasteiger partial charge on any atom is -0.756 e. The van der Waals surface area contributed by atoms with Crippen molar-refractivity contribution in [1.29, 1.82) is 0 Å². The van der Waals surface area contributed by atoms with E-state index in [9.17, 15) is 24.2 Å². The highest BCUT2D eigenvalue weighted by atomic mass is 31.2. The second-order valence-corrected chi connectivity index (χ2v) is 16.6. The van der Waals surface area contributed by atoms with E-state index in [1.165, 1.54) is 0 Å². The zero-order valence-electron chi connectivity index (χ0n) is 37.0. The van der Waals surface area contributed by atoms with Gasteiger partial charge in [0, 0.05) is 12.8 Å². The molecule has 3 atom stereocenters. The molecule has 0 aromatic carbocycles. The van der Waals surface area contributed by atoms with E-state index in [1.54, 1.807) is 6.08 Å². The van der Waals surface area contributed by atoms with Crippen LogP contribution in [0.1, 0.15) is 123 Å². The standard InChI is InChI=1S/C48H78NO9P/c1-6-8-9-10-11-12-13-14-15-16-17-21-24-27-30-33-36-39-47(51)55-43-46(44-57-59(53,54)56-42-41-49(3,4)5)58-48(52)40-37-34-31-28-25-22-19-18-20-23-26-29-32-35-38-45(50)7-2/h8-9,11-12,14-15,17,19-23,28-29,31-32,35,38,45-46,50H,6-7,10,13,16,18,24-27,30,33-34,36-37,39-44H2,1-5H3/b9-8-,12-11-,15-14-,21-17-,22-19-,23-20-,31-28-,32-29-,38-35+/t45-,46-/m1/s1. The average molecular weight is 844 g/mol. The highest BCUT2D eigenvalue weighted by Crippen LogP contribution is 2.38. The van der Waals surface area contributed by atoms with Crippen LogP contribution in [0.5, 0.6) is 0 Å². The van der Waals surface area contributed by atoms with Gasteiger partial charge in [-0.3, -0.25) is 14.2 Å². The summed E-state index contributed by atoms with van der Waals surface area (Å²) in [5.41, 5.74) is 0. The van der Waals surface area contributed by atoms with E-state index in [2.05, 4.69) is 79.8 Å². The fourth-order valence-corrected chi connectivity index (χ4v) is 5.65. The third-order valence-electron chi connectivity index (χ3n) is 8.45. The molecule has 0 radical (unpaired) electrons. The molecule has 0 saturated carbocycles. The molecule has 0 fully saturated rings. The maximum Gasteiger partial charge on any atom is 0.306 e. The van der Waals surface area contributed by atoms with Gasteiger partial charge in [0.25, 0.3) is 7.82 Å². The number of likely N-dealkylation sites (N-methyl/N-ethyl adjacent to an activating group) is 1. The lowest BCUT2D eigenvalue weighted by molar-refractivity contribution is -0.870. The van der Waals surface area contributed by atoms with E-state index in [4.69, 9.17) is 18.5 Å².